The van der Waals surface area contributed by atoms with Gasteiger partial charge in [0.1, 0.15) is 6.04 Å². The maximum absolute atomic E-state index is 13.1. The molecule has 208 valence electrons. The van der Waals surface area contributed by atoms with Crippen molar-refractivity contribution >= 4 is 40.9 Å². The molecule has 0 saturated heterocycles. The molecule has 1 atom stereocenters. The number of aryl methyl sites for hydroxylation is 1. The number of para-hydroxylation sites is 1. The van der Waals surface area contributed by atoms with Gasteiger partial charge in [0.25, 0.3) is 0 Å². The number of hydrogen-bond acceptors (Lipinski definition) is 4. The number of carboxylic acid groups (broad SMARTS) is 1. The Hall–Kier alpha value is -5.44. The summed E-state index contributed by atoms with van der Waals surface area (Å²) in [4.78, 5) is 49.6. The van der Waals surface area contributed by atoms with E-state index in [2.05, 4.69) is 21.3 Å². The Morgan fingerprint density at radius 3 is 1.95 bits per heavy atom. The highest BCUT2D eigenvalue weighted by Gasteiger charge is 2.22. The van der Waals surface area contributed by atoms with E-state index in [1.54, 1.807) is 24.3 Å². The summed E-state index contributed by atoms with van der Waals surface area (Å²) in [6, 6.07) is 28.2. The van der Waals surface area contributed by atoms with E-state index < -0.39 is 17.9 Å². The van der Waals surface area contributed by atoms with Crippen LogP contribution in [0.5, 0.6) is 0 Å². The number of rotatable bonds is 10. The lowest BCUT2D eigenvalue weighted by molar-refractivity contribution is -0.126. The van der Waals surface area contributed by atoms with Crippen molar-refractivity contribution in [3.8, 4) is 0 Å². The number of benzene rings is 4. The third-order valence-electron chi connectivity index (χ3n) is 6.30. The normalized spacial score (nSPS) is 11.1. The zero-order valence-corrected chi connectivity index (χ0v) is 22.4. The van der Waals surface area contributed by atoms with Crippen molar-refractivity contribution in [3.63, 3.8) is 0 Å². The van der Waals surface area contributed by atoms with Crippen LogP contribution in [-0.2, 0) is 22.4 Å². The van der Waals surface area contributed by atoms with Crippen LogP contribution >= 0.6 is 0 Å². The van der Waals surface area contributed by atoms with Crippen molar-refractivity contribution in [1.82, 2.24) is 5.32 Å². The number of aromatic carboxylic acids is 1. The fraction of sp³-hybridized carbons (Fsp3) is 0.125. The number of carbonyl (C=O) groups excluding carboxylic acids is 3. The third-order valence-corrected chi connectivity index (χ3v) is 6.30. The first kappa shape index (κ1) is 28.6. The SMILES string of the molecule is Cc1ccccc1NC(=O)Nc1ccc(CC(=O)N[C@@H](Cc2ccccc2)C(=O)Nc2ccc(C(=O)O)cc2)cc1. The first-order valence-corrected chi connectivity index (χ1v) is 13.0. The fourth-order valence-corrected chi connectivity index (χ4v) is 4.12. The lowest BCUT2D eigenvalue weighted by atomic mass is 10.0. The molecule has 0 aromatic heterocycles. The van der Waals surface area contributed by atoms with Crippen LogP contribution in [0.3, 0.4) is 0 Å². The van der Waals surface area contributed by atoms with Crippen molar-refractivity contribution in [2.45, 2.75) is 25.8 Å². The van der Waals surface area contributed by atoms with Crippen LogP contribution in [0.2, 0.25) is 0 Å². The maximum atomic E-state index is 13.1. The van der Waals surface area contributed by atoms with Crippen molar-refractivity contribution in [2.75, 3.05) is 16.0 Å². The Bertz CT molecular complexity index is 1520. The molecule has 0 aliphatic heterocycles. The highest BCUT2D eigenvalue weighted by molar-refractivity contribution is 6.00. The standard InChI is InChI=1S/C32H30N4O5/c1-21-7-5-6-10-27(21)36-32(41)34-26-15-11-23(12-16-26)20-29(37)35-28(19-22-8-3-2-4-9-22)30(38)33-25-17-13-24(14-18-25)31(39)40/h2-18,28H,19-20H2,1H3,(H,33,38)(H,35,37)(H,39,40)(H2,34,36,41)/t28-/m0/s1. The van der Waals surface area contributed by atoms with Gasteiger partial charge in [-0.15, -0.1) is 0 Å². The van der Waals surface area contributed by atoms with Gasteiger partial charge in [-0.05, 0) is 66.1 Å². The minimum atomic E-state index is -1.06. The second-order valence-electron chi connectivity index (χ2n) is 9.45. The van der Waals surface area contributed by atoms with Gasteiger partial charge >= 0.3 is 12.0 Å². The van der Waals surface area contributed by atoms with Gasteiger partial charge in [0.05, 0.1) is 12.0 Å². The zero-order chi connectivity index (χ0) is 29.2. The first-order chi connectivity index (χ1) is 19.8. The second kappa shape index (κ2) is 13.6. The maximum Gasteiger partial charge on any atom is 0.335 e. The van der Waals surface area contributed by atoms with Crippen molar-refractivity contribution in [1.29, 1.82) is 0 Å². The summed E-state index contributed by atoms with van der Waals surface area (Å²) in [6.07, 6.45) is 0.298. The summed E-state index contributed by atoms with van der Waals surface area (Å²) < 4.78 is 0. The Labute approximate surface area is 237 Å². The smallest absolute Gasteiger partial charge is 0.335 e. The number of nitrogens with one attached hydrogen (secondary N) is 4. The average molecular weight is 551 g/mol. The van der Waals surface area contributed by atoms with Crippen LogP contribution in [-0.4, -0.2) is 35.0 Å². The largest absolute Gasteiger partial charge is 0.478 e. The molecule has 4 aromatic carbocycles. The summed E-state index contributed by atoms with van der Waals surface area (Å²) in [5.74, 6) is -1.84. The van der Waals surface area contributed by atoms with Crippen LogP contribution in [0.1, 0.15) is 27.0 Å². The minimum absolute atomic E-state index is 0.0293. The van der Waals surface area contributed by atoms with Crippen LogP contribution in [0.25, 0.3) is 0 Å². The van der Waals surface area contributed by atoms with Crippen molar-refractivity contribution in [3.05, 3.63) is 125 Å². The van der Waals surface area contributed by atoms with Crippen LogP contribution in [0, 0.1) is 6.92 Å². The predicted molar refractivity (Wildman–Crippen MR) is 158 cm³/mol. The molecular formula is C32H30N4O5. The van der Waals surface area contributed by atoms with Crippen LogP contribution < -0.4 is 21.3 Å². The molecule has 9 heteroatoms. The Kier molecular flexibility index (Phi) is 9.45. The minimum Gasteiger partial charge on any atom is -0.478 e. The van der Waals surface area contributed by atoms with Gasteiger partial charge < -0.3 is 26.4 Å². The summed E-state index contributed by atoms with van der Waals surface area (Å²) in [7, 11) is 0. The molecule has 41 heavy (non-hydrogen) atoms. The second-order valence-corrected chi connectivity index (χ2v) is 9.45. The van der Waals surface area contributed by atoms with Gasteiger partial charge in [-0.2, -0.15) is 0 Å². The van der Waals surface area contributed by atoms with E-state index >= 15 is 0 Å². The van der Waals surface area contributed by atoms with E-state index in [1.807, 2.05) is 61.5 Å². The molecule has 0 spiro atoms. The number of carbonyl (C=O) groups is 4. The van der Waals surface area contributed by atoms with E-state index in [0.717, 1.165) is 11.1 Å². The van der Waals surface area contributed by atoms with Crippen LogP contribution in [0.4, 0.5) is 21.9 Å². The monoisotopic (exact) mass is 550 g/mol. The molecular weight excluding hydrogens is 520 g/mol. The molecule has 0 aliphatic carbocycles. The third kappa shape index (κ3) is 8.52. The van der Waals surface area contributed by atoms with E-state index in [9.17, 15) is 19.2 Å². The number of hydrogen-bond donors (Lipinski definition) is 5. The summed E-state index contributed by atoms with van der Waals surface area (Å²) in [5.41, 5.74) is 4.32. The number of urea groups is 1. The molecule has 4 rings (SSSR count). The first-order valence-electron chi connectivity index (χ1n) is 13.0. The van der Waals surface area contributed by atoms with Gasteiger partial charge in [0, 0.05) is 23.5 Å². The molecule has 5 N–H and O–H groups in total. The van der Waals surface area contributed by atoms with Gasteiger partial charge in [-0.1, -0.05) is 60.7 Å². The molecule has 0 saturated carbocycles. The summed E-state index contributed by atoms with van der Waals surface area (Å²) >= 11 is 0. The summed E-state index contributed by atoms with van der Waals surface area (Å²) in [6.45, 7) is 1.90. The highest BCUT2D eigenvalue weighted by atomic mass is 16.4. The molecule has 0 fully saturated rings. The van der Waals surface area contributed by atoms with E-state index in [0.29, 0.717) is 22.6 Å². The molecule has 4 aromatic rings. The molecule has 4 amide bonds. The van der Waals surface area contributed by atoms with Gasteiger partial charge in [0.2, 0.25) is 11.8 Å². The van der Waals surface area contributed by atoms with Gasteiger partial charge in [0.15, 0.2) is 0 Å². The van der Waals surface area contributed by atoms with E-state index in [-0.39, 0.29) is 30.3 Å². The van der Waals surface area contributed by atoms with Crippen molar-refractivity contribution < 1.29 is 24.3 Å². The average Bonchev–Trinajstić information content (AvgIpc) is 2.96. The lowest BCUT2D eigenvalue weighted by Gasteiger charge is -2.19. The van der Waals surface area contributed by atoms with Crippen LogP contribution in [0.15, 0.2) is 103 Å². The zero-order valence-electron chi connectivity index (χ0n) is 22.4. The lowest BCUT2D eigenvalue weighted by Crippen LogP contribution is -2.45. The number of amides is 4. The predicted octanol–water partition coefficient (Wildman–Crippen LogP) is 5.25. The molecule has 0 bridgehead atoms. The topological polar surface area (TPSA) is 137 Å². The highest BCUT2D eigenvalue weighted by Crippen LogP contribution is 2.16. The number of anilines is 3. The Morgan fingerprint density at radius 1 is 0.683 bits per heavy atom. The van der Waals surface area contributed by atoms with Gasteiger partial charge in [-0.3, -0.25) is 9.59 Å². The Balaban J connectivity index is 1.37. The quantitative estimate of drug-likeness (QED) is 0.184. The van der Waals surface area contributed by atoms with Crippen molar-refractivity contribution in [2.24, 2.45) is 0 Å². The molecule has 0 radical (unpaired) electrons. The molecule has 0 aliphatic rings. The number of carboxylic acids is 1. The van der Waals surface area contributed by atoms with E-state index in [4.69, 9.17) is 5.11 Å². The molecule has 9 nitrogen and oxygen atoms in total. The summed E-state index contributed by atoms with van der Waals surface area (Å²) in [5, 5.41) is 20.2. The fourth-order valence-electron chi connectivity index (χ4n) is 4.12. The molecule has 0 heterocycles. The van der Waals surface area contributed by atoms with E-state index in [1.165, 1.54) is 24.3 Å². The molecule has 0 unspecified atom stereocenters. The Morgan fingerprint density at radius 2 is 1.29 bits per heavy atom. The van der Waals surface area contributed by atoms with Gasteiger partial charge in [-0.25, -0.2) is 9.59 Å².